The summed E-state index contributed by atoms with van der Waals surface area (Å²) < 4.78 is 5.35. The molecule has 0 aliphatic heterocycles. The van der Waals surface area contributed by atoms with Crippen LogP contribution in [0.2, 0.25) is 0 Å². The van der Waals surface area contributed by atoms with Crippen LogP contribution in [0.15, 0.2) is 42.7 Å². The Bertz CT molecular complexity index is 530. The molecule has 4 heteroatoms. The summed E-state index contributed by atoms with van der Waals surface area (Å²) in [7, 11) is 1.63. The van der Waals surface area contributed by atoms with E-state index in [1.54, 1.807) is 19.5 Å². The summed E-state index contributed by atoms with van der Waals surface area (Å²) in [6.07, 6.45) is 3.36. The molecule has 1 N–H and O–H groups in total. The Labute approximate surface area is 120 Å². The second-order valence-corrected chi connectivity index (χ2v) is 4.69. The Balaban J connectivity index is 2.35. The van der Waals surface area contributed by atoms with Gasteiger partial charge in [-0.1, -0.05) is 44.2 Å². The Kier molecular flexibility index (Phi) is 5.07. The fourth-order valence-electron chi connectivity index (χ4n) is 2.39. The van der Waals surface area contributed by atoms with Crippen molar-refractivity contribution in [3.8, 4) is 5.88 Å². The molecule has 0 amide bonds. The molecule has 2 rings (SSSR count). The van der Waals surface area contributed by atoms with Crippen LogP contribution in [-0.4, -0.2) is 23.6 Å². The van der Waals surface area contributed by atoms with Crippen LogP contribution in [0.5, 0.6) is 5.88 Å². The van der Waals surface area contributed by atoms with Crippen molar-refractivity contribution in [2.45, 2.75) is 25.8 Å². The van der Waals surface area contributed by atoms with Crippen molar-refractivity contribution in [2.75, 3.05) is 13.7 Å². The summed E-state index contributed by atoms with van der Waals surface area (Å²) >= 11 is 0. The number of hydrogen-bond acceptors (Lipinski definition) is 4. The molecule has 0 aliphatic rings. The smallest absolute Gasteiger partial charge is 0.237 e. The van der Waals surface area contributed by atoms with Crippen LogP contribution < -0.4 is 10.1 Å². The van der Waals surface area contributed by atoms with Gasteiger partial charge in [-0.3, -0.25) is 4.98 Å². The lowest BCUT2D eigenvalue weighted by atomic mass is 9.91. The molecule has 2 atom stereocenters. The van der Waals surface area contributed by atoms with Gasteiger partial charge >= 0.3 is 0 Å². The highest BCUT2D eigenvalue weighted by atomic mass is 16.5. The van der Waals surface area contributed by atoms with Gasteiger partial charge < -0.3 is 10.1 Å². The van der Waals surface area contributed by atoms with E-state index in [-0.39, 0.29) is 12.0 Å². The number of likely N-dealkylation sites (N-methyl/N-ethyl adjacent to an activating group) is 1. The molecule has 0 saturated heterocycles. The standard InChI is InChI=1S/C16H21N3O/c1-4-17-14(12(2)13-8-6-5-7-9-13)15-16(20-3)19-11-10-18-15/h5-12,14,17H,4H2,1-3H3. The van der Waals surface area contributed by atoms with E-state index in [0.29, 0.717) is 5.88 Å². The highest BCUT2D eigenvalue weighted by Crippen LogP contribution is 2.32. The zero-order chi connectivity index (χ0) is 14.4. The van der Waals surface area contributed by atoms with Gasteiger partial charge in [0.15, 0.2) is 0 Å². The molecule has 4 nitrogen and oxygen atoms in total. The Hall–Kier alpha value is -1.94. The first-order valence-electron chi connectivity index (χ1n) is 6.91. The molecular weight excluding hydrogens is 250 g/mol. The molecule has 2 unspecified atom stereocenters. The number of nitrogens with zero attached hydrogens (tertiary/aromatic N) is 2. The molecule has 1 heterocycles. The minimum absolute atomic E-state index is 0.0750. The second kappa shape index (κ2) is 7.01. The van der Waals surface area contributed by atoms with Crippen LogP contribution in [0, 0.1) is 0 Å². The SMILES string of the molecule is CCNC(c1nccnc1OC)C(C)c1ccccc1. The Morgan fingerprint density at radius 2 is 1.85 bits per heavy atom. The van der Waals surface area contributed by atoms with Crippen molar-refractivity contribution in [3.05, 3.63) is 54.0 Å². The first-order valence-corrected chi connectivity index (χ1v) is 6.91. The van der Waals surface area contributed by atoms with Gasteiger partial charge in [-0.05, 0) is 12.1 Å². The zero-order valence-electron chi connectivity index (χ0n) is 12.2. The molecule has 0 saturated carbocycles. The lowest BCUT2D eigenvalue weighted by Gasteiger charge is -2.25. The van der Waals surface area contributed by atoms with Crippen LogP contribution in [0.1, 0.15) is 37.1 Å². The summed E-state index contributed by atoms with van der Waals surface area (Å²) in [5.74, 6) is 0.864. The van der Waals surface area contributed by atoms with Crippen molar-refractivity contribution < 1.29 is 4.74 Å². The summed E-state index contributed by atoms with van der Waals surface area (Å²) in [6.45, 7) is 5.14. The lowest BCUT2D eigenvalue weighted by molar-refractivity contribution is 0.369. The molecule has 1 aromatic carbocycles. The molecule has 2 aromatic rings. The van der Waals surface area contributed by atoms with E-state index in [2.05, 4.69) is 53.4 Å². The molecule has 0 fully saturated rings. The number of ether oxygens (including phenoxy) is 1. The predicted octanol–water partition coefficient (Wildman–Crippen LogP) is 2.94. The molecule has 20 heavy (non-hydrogen) atoms. The highest BCUT2D eigenvalue weighted by molar-refractivity contribution is 5.28. The number of methoxy groups -OCH3 is 1. The number of benzene rings is 1. The molecule has 0 spiro atoms. The predicted molar refractivity (Wildman–Crippen MR) is 79.9 cm³/mol. The number of nitrogens with one attached hydrogen (secondary N) is 1. The maximum absolute atomic E-state index is 5.35. The van der Waals surface area contributed by atoms with Gasteiger partial charge in [0.25, 0.3) is 0 Å². The van der Waals surface area contributed by atoms with E-state index in [1.807, 2.05) is 6.07 Å². The third-order valence-corrected chi connectivity index (χ3v) is 3.43. The first-order chi connectivity index (χ1) is 9.77. The third-order valence-electron chi connectivity index (χ3n) is 3.43. The van der Waals surface area contributed by atoms with Crippen LogP contribution in [0.4, 0.5) is 0 Å². The van der Waals surface area contributed by atoms with Crippen LogP contribution >= 0.6 is 0 Å². The minimum Gasteiger partial charge on any atom is -0.480 e. The van der Waals surface area contributed by atoms with Gasteiger partial charge in [0.1, 0.15) is 5.69 Å². The Morgan fingerprint density at radius 3 is 2.50 bits per heavy atom. The van der Waals surface area contributed by atoms with Gasteiger partial charge in [0, 0.05) is 18.3 Å². The van der Waals surface area contributed by atoms with Crippen molar-refractivity contribution >= 4 is 0 Å². The summed E-state index contributed by atoms with van der Waals surface area (Å²) in [4.78, 5) is 8.72. The molecule has 0 radical (unpaired) electrons. The van der Waals surface area contributed by atoms with E-state index in [0.717, 1.165) is 12.2 Å². The molecule has 1 aromatic heterocycles. The van der Waals surface area contributed by atoms with E-state index in [4.69, 9.17) is 4.74 Å². The molecule has 106 valence electrons. The van der Waals surface area contributed by atoms with Crippen molar-refractivity contribution in [3.63, 3.8) is 0 Å². The topological polar surface area (TPSA) is 47.0 Å². The fourth-order valence-corrected chi connectivity index (χ4v) is 2.39. The summed E-state index contributed by atoms with van der Waals surface area (Å²) in [5, 5.41) is 3.49. The van der Waals surface area contributed by atoms with E-state index < -0.39 is 0 Å². The quantitative estimate of drug-likeness (QED) is 0.877. The van der Waals surface area contributed by atoms with Gasteiger partial charge in [0.05, 0.1) is 13.2 Å². The van der Waals surface area contributed by atoms with Crippen LogP contribution in [-0.2, 0) is 0 Å². The van der Waals surface area contributed by atoms with Gasteiger partial charge in [-0.2, -0.15) is 0 Å². The Morgan fingerprint density at radius 1 is 1.15 bits per heavy atom. The average molecular weight is 271 g/mol. The van der Waals surface area contributed by atoms with E-state index >= 15 is 0 Å². The molecule has 0 bridgehead atoms. The van der Waals surface area contributed by atoms with Gasteiger partial charge in [-0.25, -0.2) is 4.98 Å². The van der Waals surface area contributed by atoms with Crippen LogP contribution in [0.3, 0.4) is 0 Å². The van der Waals surface area contributed by atoms with Crippen molar-refractivity contribution in [2.24, 2.45) is 0 Å². The molecule has 0 aliphatic carbocycles. The minimum atomic E-state index is 0.0750. The van der Waals surface area contributed by atoms with Crippen molar-refractivity contribution in [1.29, 1.82) is 0 Å². The van der Waals surface area contributed by atoms with Crippen LogP contribution in [0.25, 0.3) is 0 Å². The lowest BCUT2D eigenvalue weighted by Crippen LogP contribution is -2.27. The first kappa shape index (κ1) is 14.5. The third kappa shape index (κ3) is 3.14. The second-order valence-electron chi connectivity index (χ2n) is 4.69. The highest BCUT2D eigenvalue weighted by Gasteiger charge is 2.24. The van der Waals surface area contributed by atoms with Gasteiger partial charge in [-0.15, -0.1) is 0 Å². The van der Waals surface area contributed by atoms with Gasteiger partial charge in [0.2, 0.25) is 5.88 Å². The zero-order valence-corrected chi connectivity index (χ0v) is 12.2. The average Bonchev–Trinajstić information content (AvgIpc) is 2.53. The molecular formula is C16H21N3O. The maximum atomic E-state index is 5.35. The summed E-state index contributed by atoms with van der Waals surface area (Å²) in [5.41, 5.74) is 2.12. The maximum Gasteiger partial charge on any atom is 0.237 e. The number of aromatic nitrogens is 2. The van der Waals surface area contributed by atoms with Crippen molar-refractivity contribution in [1.82, 2.24) is 15.3 Å². The van der Waals surface area contributed by atoms with E-state index in [1.165, 1.54) is 5.56 Å². The number of hydrogen-bond donors (Lipinski definition) is 1. The monoisotopic (exact) mass is 271 g/mol. The van der Waals surface area contributed by atoms with E-state index in [9.17, 15) is 0 Å². The largest absolute Gasteiger partial charge is 0.480 e. The fraction of sp³-hybridized carbons (Fsp3) is 0.375. The normalized spacial score (nSPS) is 13.8. The number of rotatable bonds is 6. The summed E-state index contributed by atoms with van der Waals surface area (Å²) in [6, 6.07) is 10.5.